The maximum atomic E-state index is 11.0. The van der Waals surface area contributed by atoms with Crippen molar-refractivity contribution >= 4 is 28.8 Å². The summed E-state index contributed by atoms with van der Waals surface area (Å²) in [4.78, 5) is 15.1. The van der Waals surface area contributed by atoms with Crippen LogP contribution in [0.5, 0.6) is 0 Å². The van der Waals surface area contributed by atoms with Gasteiger partial charge in [-0.1, -0.05) is 33.1 Å². The van der Waals surface area contributed by atoms with Crippen LogP contribution in [0.3, 0.4) is 0 Å². The number of anilines is 2. The van der Waals surface area contributed by atoms with Gasteiger partial charge in [0.05, 0.1) is 0 Å². The topological polar surface area (TPSA) is 52.7 Å². The average Bonchev–Trinajstić information content (AvgIpc) is 2.73. The van der Waals surface area contributed by atoms with Crippen molar-refractivity contribution < 1.29 is 9.00 Å². The molecule has 0 spiro atoms. The van der Waals surface area contributed by atoms with Crippen LogP contribution in [0.15, 0.2) is 24.3 Å². The van der Waals surface area contributed by atoms with E-state index in [9.17, 15) is 9.00 Å². The predicted octanol–water partition coefficient (Wildman–Crippen LogP) is 4.82. The normalized spacial score (nSPS) is 20.9. The van der Waals surface area contributed by atoms with Gasteiger partial charge in [0.15, 0.2) is 0 Å². The molecule has 0 aromatic heterocycles. The van der Waals surface area contributed by atoms with Gasteiger partial charge in [-0.15, -0.1) is 0 Å². The van der Waals surface area contributed by atoms with Gasteiger partial charge in [-0.25, -0.2) is 4.21 Å². The van der Waals surface area contributed by atoms with Crippen molar-refractivity contribution in [3.63, 3.8) is 0 Å². The number of nitrogens with one attached hydrogen (secondary N) is 1. The van der Waals surface area contributed by atoms with Crippen LogP contribution in [-0.2, 0) is 15.8 Å². The number of carbonyl (C=O) groups excluding carboxylic acids is 1. The Kier molecular flexibility index (Phi) is 10.5. The van der Waals surface area contributed by atoms with Gasteiger partial charge in [-0.2, -0.15) is 0 Å². The van der Waals surface area contributed by atoms with E-state index in [4.69, 9.17) is 0 Å². The van der Waals surface area contributed by atoms with Crippen molar-refractivity contribution in [3.8, 4) is 0 Å². The second-order valence-electron chi connectivity index (χ2n) is 8.43. The first-order chi connectivity index (χ1) is 14.0. The molecule has 2 unspecified atom stereocenters. The van der Waals surface area contributed by atoms with E-state index in [0.29, 0.717) is 6.04 Å². The van der Waals surface area contributed by atoms with E-state index in [2.05, 4.69) is 35.6 Å². The van der Waals surface area contributed by atoms with Crippen LogP contribution in [-0.4, -0.2) is 47.5 Å². The Morgan fingerprint density at radius 3 is 2.38 bits per heavy atom. The summed E-state index contributed by atoms with van der Waals surface area (Å²) in [5, 5.41) is 0. The van der Waals surface area contributed by atoms with Gasteiger partial charge >= 0.3 is 0 Å². The quantitative estimate of drug-likeness (QED) is 0.643. The van der Waals surface area contributed by atoms with E-state index in [1.807, 2.05) is 17.0 Å². The fourth-order valence-corrected chi connectivity index (χ4v) is 4.79. The molecule has 1 aromatic rings. The maximum Gasteiger partial charge on any atom is 0.209 e. The predicted molar refractivity (Wildman–Crippen MR) is 125 cm³/mol. The SMILES string of the molecule is CC1CCCN(c2ccc(NS(C)=O)cc2)C1.CCCN(C=O)C1CCCCC1. The first-order valence-electron chi connectivity index (χ1n) is 11.2. The monoisotopic (exact) mass is 421 g/mol. The van der Waals surface area contributed by atoms with Crippen molar-refractivity contribution in [2.75, 3.05) is 35.5 Å². The van der Waals surface area contributed by atoms with E-state index in [1.165, 1.54) is 50.6 Å². The Morgan fingerprint density at radius 1 is 1.14 bits per heavy atom. The number of benzene rings is 1. The van der Waals surface area contributed by atoms with Crippen LogP contribution in [0, 0.1) is 5.92 Å². The Hall–Kier alpha value is -1.56. The van der Waals surface area contributed by atoms with E-state index in [0.717, 1.165) is 44.1 Å². The molecule has 1 aliphatic carbocycles. The molecule has 29 heavy (non-hydrogen) atoms. The second-order valence-corrected chi connectivity index (χ2v) is 9.54. The number of amides is 1. The number of hydrogen-bond donors (Lipinski definition) is 1. The number of nitrogens with zero attached hydrogens (tertiary/aromatic N) is 2. The molecule has 2 atom stereocenters. The summed E-state index contributed by atoms with van der Waals surface area (Å²) in [6.45, 7) is 7.67. The first kappa shape index (κ1) is 23.7. The highest BCUT2D eigenvalue weighted by Crippen LogP contribution is 2.24. The number of carbonyl (C=O) groups is 1. The van der Waals surface area contributed by atoms with Crippen LogP contribution < -0.4 is 9.62 Å². The molecule has 2 aliphatic rings. The van der Waals surface area contributed by atoms with Gasteiger partial charge in [-0.3, -0.25) is 4.79 Å². The minimum Gasteiger partial charge on any atom is -0.371 e. The van der Waals surface area contributed by atoms with Crippen LogP contribution in [0.2, 0.25) is 0 Å². The zero-order chi connectivity index (χ0) is 21.1. The van der Waals surface area contributed by atoms with Crippen molar-refractivity contribution in [1.82, 2.24) is 4.90 Å². The lowest BCUT2D eigenvalue weighted by molar-refractivity contribution is -0.120. The summed E-state index contributed by atoms with van der Waals surface area (Å²) in [7, 11) is -0.997. The summed E-state index contributed by atoms with van der Waals surface area (Å²) in [5.41, 5.74) is 2.18. The molecule has 3 rings (SSSR count). The van der Waals surface area contributed by atoms with Crippen molar-refractivity contribution in [2.45, 2.75) is 71.3 Å². The third-order valence-corrected chi connectivity index (χ3v) is 6.34. The highest BCUT2D eigenvalue weighted by Gasteiger charge is 2.18. The fraction of sp³-hybridized carbons (Fsp3) is 0.696. The zero-order valence-electron chi connectivity index (χ0n) is 18.4. The molecular weight excluding hydrogens is 382 g/mol. The molecule has 164 valence electrons. The summed E-state index contributed by atoms with van der Waals surface area (Å²) in [6, 6.07) is 8.75. The highest BCUT2D eigenvalue weighted by molar-refractivity contribution is 7.85. The molecule has 0 bridgehead atoms. The van der Waals surface area contributed by atoms with Crippen LogP contribution in [0.25, 0.3) is 0 Å². The number of rotatable bonds is 7. The molecule has 5 nitrogen and oxygen atoms in total. The van der Waals surface area contributed by atoms with E-state index in [-0.39, 0.29) is 0 Å². The lowest BCUT2D eigenvalue weighted by Gasteiger charge is -2.32. The van der Waals surface area contributed by atoms with Gasteiger partial charge in [0, 0.05) is 43.3 Å². The Labute approximate surface area is 179 Å². The lowest BCUT2D eigenvalue weighted by atomic mass is 9.94. The molecule has 2 fully saturated rings. The molecule has 1 aliphatic heterocycles. The van der Waals surface area contributed by atoms with Crippen molar-refractivity contribution in [3.05, 3.63) is 24.3 Å². The summed E-state index contributed by atoms with van der Waals surface area (Å²) in [6.07, 6.45) is 12.8. The van der Waals surface area contributed by atoms with E-state index >= 15 is 0 Å². The molecule has 1 saturated heterocycles. The average molecular weight is 422 g/mol. The van der Waals surface area contributed by atoms with Crippen molar-refractivity contribution in [1.29, 1.82) is 0 Å². The third-order valence-electron chi connectivity index (χ3n) is 5.81. The first-order valence-corrected chi connectivity index (χ1v) is 12.8. The van der Waals surface area contributed by atoms with Crippen LogP contribution in [0.1, 0.15) is 65.2 Å². The van der Waals surface area contributed by atoms with E-state index in [1.54, 1.807) is 6.26 Å². The van der Waals surface area contributed by atoms with Gasteiger partial charge < -0.3 is 14.5 Å². The Bertz CT molecular complexity index is 617. The number of hydrogen-bond acceptors (Lipinski definition) is 3. The zero-order valence-corrected chi connectivity index (χ0v) is 19.3. The minimum atomic E-state index is -0.997. The van der Waals surface area contributed by atoms with Gasteiger partial charge in [-0.05, 0) is 62.3 Å². The lowest BCUT2D eigenvalue weighted by Crippen LogP contribution is -2.36. The van der Waals surface area contributed by atoms with Gasteiger partial charge in [0.1, 0.15) is 11.0 Å². The van der Waals surface area contributed by atoms with Gasteiger partial charge in [0.25, 0.3) is 0 Å². The molecule has 1 aromatic carbocycles. The summed E-state index contributed by atoms with van der Waals surface area (Å²) in [5.74, 6) is 0.782. The minimum absolute atomic E-state index is 0.552. The highest BCUT2D eigenvalue weighted by atomic mass is 32.2. The largest absolute Gasteiger partial charge is 0.371 e. The Morgan fingerprint density at radius 2 is 1.83 bits per heavy atom. The van der Waals surface area contributed by atoms with Gasteiger partial charge in [0.2, 0.25) is 6.41 Å². The van der Waals surface area contributed by atoms with Crippen LogP contribution >= 0.6 is 0 Å². The maximum absolute atomic E-state index is 11.0. The smallest absolute Gasteiger partial charge is 0.209 e. The standard InChI is InChI=1S/C13H20N2OS.C10H19NO/c1-11-4-3-9-15(10-11)13-7-5-12(6-8-13)14-17(2)16;1-2-8-11(9-12)10-6-4-3-5-7-10/h5-8,11,14H,3-4,9-10H2,1-2H3;9-10H,2-8H2,1H3. The molecule has 6 heteroatoms. The van der Waals surface area contributed by atoms with Crippen molar-refractivity contribution in [2.24, 2.45) is 5.92 Å². The summed E-state index contributed by atoms with van der Waals surface area (Å²) < 4.78 is 13.9. The Balaban J connectivity index is 0.000000221. The molecular formula is C23H39N3O2S. The molecule has 1 heterocycles. The third kappa shape index (κ3) is 8.37. The molecule has 1 saturated carbocycles. The molecule has 1 amide bonds. The van der Waals surface area contributed by atoms with E-state index < -0.39 is 11.0 Å². The number of piperidine rings is 1. The molecule has 1 N–H and O–H groups in total. The van der Waals surface area contributed by atoms with Crippen LogP contribution in [0.4, 0.5) is 11.4 Å². The summed E-state index contributed by atoms with van der Waals surface area (Å²) >= 11 is 0. The fourth-order valence-electron chi connectivity index (χ4n) is 4.32. The molecule has 0 radical (unpaired) electrons. The second kappa shape index (κ2) is 12.9.